The van der Waals surface area contributed by atoms with Crippen LogP contribution in [0.25, 0.3) is 11.1 Å². The van der Waals surface area contributed by atoms with Crippen LogP contribution in [0.5, 0.6) is 0 Å². The third-order valence-corrected chi connectivity index (χ3v) is 7.10. The molecule has 0 spiro atoms. The third kappa shape index (κ3) is 5.77. The first-order chi connectivity index (χ1) is 17.5. The van der Waals surface area contributed by atoms with Gasteiger partial charge < -0.3 is 19.5 Å². The second-order valence-corrected chi connectivity index (χ2v) is 10.6. The van der Waals surface area contributed by atoms with Gasteiger partial charge in [-0.25, -0.2) is 4.79 Å². The average Bonchev–Trinajstić information content (AvgIpc) is 2.85. The fourth-order valence-electron chi connectivity index (χ4n) is 5.33. The Bertz CT molecular complexity index is 1330. The van der Waals surface area contributed by atoms with Crippen LogP contribution < -0.4 is 10.9 Å². The molecule has 7 nitrogen and oxygen atoms in total. The molecule has 1 aliphatic rings. The predicted octanol–water partition coefficient (Wildman–Crippen LogP) is 5.16. The molecular formula is C30H35N3O4. The lowest BCUT2D eigenvalue weighted by molar-refractivity contribution is -0.122. The number of rotatable bonds is 7. The van der Waals surface area contributed by atoms with Crippen molar-refractivity contribution in [2.45, 2.75) is 57.7 Å². The van der Waals surface area contributed by atoms with E-state index in [4.69, 9.17) is 4.74 Å². The Balaban J connectivity index is 1.55. The lowest BCUT2D eigenvalue weighted by Crippen LogP contribution is -2.54. The highest BCUT2D eigenvalue weighted by molar-refractivity contribution is 5.74. The molecule has 4 rings (SSSR count). The standard InChI is InChI=1S/C30H35N3O4/c1-21(23-11-13-24(14-12-23)25-15-16-27(35)32(5)19-25)33-18-17-30(37-28(33)36,26-9-7-6-8-10-26)20-29(3,4)31-22(2)34/h6-16,19,21H,17-18,20H2,1-5H3,(H,31,34). The second kappa shape index (κ2) is 10.2. The summed E-state index contributed by atoms with van der Waals surface area (Å²) in [5.41, 5.74) is 2.42. The number of amides is 2. The van der Waals surface area contributed by atoms with Gasteiger partial charge in [-0.1, -0.05) is 54.6 Å². The Labute approximate surface area is 218 Å². The van der Waals surface area contributed by atoms with E-state index < -0.39 is 11.1 Å². The molecule has 194 valence electrons. The maximum atomic E-state index is 13.4. The summed E-state index contributed by atoms with van der Waals surface area (Å²) in [5, 5.41) is 3.00. The fourth-order valence-corrected chi connectivity index (χ4v) is 5.33. The van der Waals surface area contributed by atoms with Gasteiger partial charge in [0.15, 0.2) is 0 Å². The number of carbonyl (C=O) groups excluding carboxylic acids is 2. The molecule has 7 heteroatoms. The van der Waals surface area contributed by atoms with E-state index >= 15 is 0 Å². The molecule has 1 aromatic heterocycles. The molecule has 2 atom stereocenters. The Morgan fingerprint density at radius 3 is 2.27 bits per heavy atom. The van der Waals surface area contributed by atoms with Crippen LogP contribution in [0.2, 0.25) is 0 Å². The monoisotopic (exact) mass is 501 g/mol. The molecule has 2 amide bonds. The lowest BCUT2D eigenvalue weighted by atomic mass is 9.78. The van der Waals surface area contributed by atoms with Crippen molar-refractivity contribution in [1.82, 2.24) is 14.8 Å². The van der Waals surface area contributed by atoms with Gasteiger partial charge in [-0.3, -0.25) is 9.59 Å². The van der Waals surface area contributed by atoms with Crippen molar-refractivity contribution in [2.24, 2.45) is 7.05 Å². The average molecular weight is 502 g/mol. The molecule has 1 saturated heterocycles. The van der Waals surface area contributed by atoms with Gasteiger partial charge >= 0.3 is 6.09 Å². The maximum Gasteiger partial charge on any atom is 0.411 e. The number of benzene rings is 2. The summed E-state index contributed by atoms with van der Waals surface area (Å²) in [4.78, 5) is 38.7. The molecule has 1 fully saturated rings. The molecule has 1 aliphatic heterocycles. The summed E-state index contributed by atoms with van der Waals surface area (Å²) < 4.78 is 7.81. The molecular weight excluding hydrogens is 466 g/mol. The van der Waals surface area contributed by atoms with E-state index in [1.54, 1.807) is 22.6 Å². The van der Waals surface area contributed by atoms with Gasteiger partial charge in [0.25, 0.3) is 0 Å². The van der Waals surface area contributed by atoms with E-state index in [1.807, 2.05) is 87.6 Å². The van der Waals surface area contributed by atoms with Crippen LogP contribution in [0.1, 0.15) is 57.7 Å². The van der Waals surface area contributed by atoms with E-state index in [0.717, 1.165) is 22.3 Å². The highest BCUT2D eigenvalue weighted by atomic mass is 16.6. The summed E-state index contributed by atoms with van der Waals surface area (Å²) in [7, 11) is 1.73. The Morgan fingerprint density at radius 1 is 1.03 bits per heavy atom. The Kier molecular flexibility index (Phi) is 7.25. The van der Waals surface area contributed by atoms with Crippen molar-refractivity contribution in [1.29, 1.82) is 0 Å². The molecule has 37 heavy (non-hydrogen) atoms. The van der Waals surface area contributed by atoms with Crippen molar-refractivity contribution >= 4 is 12.0 Å². The zero-order valence-corrected chi connectivity index (χ0v) is 22.2. The number of pyridine rings is 1. The molecule has 2 unspecified atom stereocenters. The van der Waals surface area contributed by atoms with Crippen LogP contribution >= 0.6 is 0 Å². The van der Waals surface area contributed by atoms with E-state index in [1.165, 1.54) is 6.92 Å². The molecule has 2 aromatic carbocycles. The molecule has 2 heterocycles. The van der Waals surface area contributed by atoms with Crippen LogP contribution in [-0.4, -0.2) is 33.6 Å². The molecule has 0 radical (unpaired) electrons. The number of nitrogens with zero attached hydrogens (tertiary/aromatic N) is 2. The van der Waals surface area contributed by atoms with Gasteiger partial charge in [0.1, 0.15) is 5.60 Å². The molecule has 0 bridgehead atoms. The van der Waals surface area contributed by atoms with Crippen molar-refractivity contribution in [2.75, 3.05) is 6.54 Å². The number of aromatic nitrogens is 1. The molecule has 3 aromatic rings. The van der Waals surface area contributed by atoms with Crippen LogP contribution in [0.15, 0.2) is 77.7 Å². The highest BCUT2D eigenvalue weighted by Crippen LogP contribution is 2.42. The first kappa shape index (κ1) is 26.2. The SMILES string of the molecule is CC(=O)NC(C)(C)CC1(c2ccccc2)CCN(C(C)c2ccc(-c3ccc(=O)n(C)c3)cc2)C(=O)O1. The van der Waals surface area contributed by atoms with E-state index in [0.29, 0.717) is 19.4 Å². The smallest absolute Gasteiger partial charge is 0.411 e. The molecule has 0 saturated carbocycles. The van der Waals surface area contributed by atoms with E-state index in [-0.39, 0.29) is 23.6 Å². The Hall–Kier alpha value is -3.87. The minimum atomic E-state index is -0.840. The van der Waals surface area contributed by atoms with Gasteiger partial charge in [-0.05, 0) is 49.1 Å². The van der Waals surface area contributed by atoms with Crippen molar-refractivity contribution in [3.8, 4) is 11.1 Å². The van der Waals surface area contributed by atoms with Crippen molar-refractivity contribution < 1.29 is 14.3 Å². The first-order valence-corrected chi connectivity index (χ1v) is 12.6. The number of aryl methyl sites for hydroxylation is 1. The summed E-state index contributed by atoms with van der Waals surface area (Å²) in [6, 6.07) is 21.0. The van der Waals surface area contributed by atoms with Crippen molar-refractivity contribution in [3.05, 3.63) is 94.4 Å². The van der Waals surface area contributed by atoms with Crippen molar-refractivity contribution in [3.63, 3.8) is 0 Å². The van der Waals surface area contributed by atoms with Crippen LogP contribution in [-0.2, 0) is 22.2 Å². The third-order valence-electron chi connectivity index (χ3n) is 7.10. The number of nitrogens with one attached hydrogen (secondary N) is 1. The minimum absolute atomic E-state index is 0.0513. The summed E-state index contributed by atoms with van der Waals surface area (Å²) in [6.45, 7) is 7.92. The zero-order chi connectivity index (χ0) is 26.8. The van der Waals surface area contributed by atoms with Gasteiger partial charge in [0.05, 0.1) is 6.04 Å². The van der Waals surface area contributed by atoms with Crippen LogP contribution in [0, 0.1) is 0 Å². The molecule has 1 N–H and O–H groups in total. The number of cyclic esters (lactones) is 1. The summed E-state index contributed by atoms with van der Waals surface area (Å²) in [6.07, 6.45) is 2.51. The topological polar surface area (TPSA) is 80.6 Å². The lowest BCUT2D eigenvalue weighted by Gasteiger charge is -2.46. The van der Waals surface area contributed by atoms with E-state index in [9.17, 15) is 14.4 Å². The van der Waals surface area contributed by atoms with Gasteiger partial charge in [-0.2, -0.15) is 0 Å². The second-order valence-electron chi connectivity index (χ2n) is 10.6. The first-order valence-electron chi connectivity index (χ1n) is 12.6. The van der Waals surface area contributed by atoms with Gasteiger partial charge in [-0.15, -0.1) is 0 Å². The molecule has 0 aliphatic carbocycles. The van der Waals surface area contributed by atoms with E-state index in [2.05, 4.69) is 5.32 Å². The zero-order valence-electron chi connectivity index (χ0n) is 22.2. The largest absolute Gasteiger partial charge is 0.438 e. The van der Waals surface area contributed by atoms with Gasteiger partial charge in [0, 0.05) is 51.2 Å². The number of hydrogen-bond acceptors (Lipinski definition) is 4. The minimum Gasteiger partial charge on any atom is -0.438 e. The number of carbonyl (C=O) groups is 2. The Morgan fingerprint density at radius 2 is 1.68 bits per heavy atom. The number of ether oxygens (including phenoxy) is 1. The van der Waals surface area contributed by atoms with Crippen LogP contribution in [0.4, 0.5) is 4.79 Å². The summed E-state index contributed by atoms with van der Waals surface area (Å²) in [5.74, 6) is -0.119. The fraction of sp³-hybridized carbons (Fsp3) is 0.367. The normalized spacial score (nSPS) is 18.7. The predicted molar refractivity (Wildman–Crippen MR) is 144 cm³/mol. The van der Waals surface area contributed by atoms with Crippen LogP contribution in [0.3, 0.4) is 0 Å². The number of hydrogen-bond donors (Lipinski definition) is 1. The quantitative estimate of drug-likeness (QED) is 0.485. The highest BCUT2D eigenvalue weighted by Gasteiger charge is 2.46. The van der Waals surface area contributed by atoms with Gasteiger partial charge in [0.2, 0.25) is 11.5 Å². The maximum absolute atomic E-state index is 13.4. The summed E-state index contributed by atoms with van der Waals surface area (Å²) >= 11 is 0.